The van der Waals surface area contributed by atoms with Gasteiger partial charge >= 0.3 is 0 Å². The Kier molecular flexibility index (Phi) is 2.78. The Hall–Kier alpha value is -2.88. The third-order valence-electron chi connectivity index (χ3n) is 3.51. The normalized spacial score (nSPS) is 11.0. The molecule has 4 nitrogen and oxygen atoms in total. The van der Waals surface area contributed by atoms with Crippen LogP contribution < -0.4 is 0 Å². The summed E-state index contributed by atoms with van der Waals surface area (Å²) >= 11 is 0. The minimum absolute atomic E-state index is 0.707. The molecule has 0 N–H and O–H groups in total. The van der Waals surface area contributed by atoms with Gasteiger partial charge in [-0.15, -0.1) is 5.10 Å². The minimum Gasteiger partial charge on any atom is -0.464 e. The van der Waals surface area contributed by atoms with Crippen molar-refractivity contribution in [3.63, 3.8) is 0 Å². The van der Waals surface area contributed by atoms with Crippen LogP contribution in [0.2, 0.25) is 0 Å². The Labute approximate surface area is 121 Å². The van der Waals surface area contributed by atoms with E-state index in [1.54, 1.807) is 6.26 Å². The summed E-state index contributed by atoms with van der Waals surface area (Å²) in [6, 6.07) is 20.1. The lowest BCUT2D eigenvalue weighted by Crippen LogP contribution is -2.01. The van der Waals surface area contributed by atoms with Gasteiger partial charge in [-0.25, -0.2) is 4.68 Å². The van der Waals surface area contributed by atoms with Crippen molar-refractivity contribution < 1.29 is 4.42 Å². The highest BCUT2D eigenvalue weighted by Crippen LogP contribution is 2.20. The first-order chi connectivity index (χ1) is 10.4. The van der Waals surface area contributed by atoms with E-state index in [0.717, 1.165) is 22.4 Å². The van der Waals surface area contributed by atoms with Gasteiger partial charge in [-0.2, -0.15) is 0 Å². The quantitative estimate of drug-likeness (QED) is 0.572. The molecule has 2 aromatic heterocycles. The van der Waals surface area contributed by atoms with E-state index in [2.05, 4.69) is 34.6 Å². The second-order valence-electron chi connectivity index (χ2n) is 4.91. The van der Waals surface area contributed by atoms with Crippen LogP contribution in [0.25, 0.3) is 22.4 Å². The number of fused-ring (bicyclic) bond motifs is 1. The van der Waals surface area contributed by atoms with Crippen LogP contribution in [0.4, 0.5) is 0 Å². The molecular weight excluding hydrogens is 262 g/mol. The fraction of sp³-hybridized carbons (Fsp3) is 0.0588. The zero-order valence-electron chi connectivity index (χ0n) is 11.3. The molecule has 0 aliphatic rings. The summed E-state index contributed by atoms with van der Waals surface area (Å²) in [5.41, 5.74) is 4.23. The first kappa shape index (κ1) is 11.9. The third kappa shape index (κ3) is 2.21. The zero-order valence-corrected chi connectivity index (χ0v) is 11.3. The van der Waals surface area contributed by atoms with Crippen LogP contribution in [0.3, 0.4) is 0 Å². The van der Waals surface area contributed by atoms with Crippen molar-refractivity contribution >= 4 is 11.0 Å². The van der Waals surface area contributed by atoms with Crippen LogP contribution in [0, 0.1) is 0 Å². The smallest absolute Gasteiger partial charge is 0.133 e. The number of aromatic nitrogens is 3. The largest absolute Gasteiger partial charge is 0.464 e. The number of furan rings is 1. The number of para-hydroxylation sites is 1. The molecule has 0 spiro atoms. The van der Waals surface area contributed by atoms with Gasteiger partial charge < -0.3 is 4.42 Å². The van der Waals surface area contributed by atoms with Crippen molar-refractivity contribution in [1.82, 2.24) is 15.0 Å². The van der Waals surface area contributed by atoms with Gasteiger partial charge in [-0.05, 0) is 29.8 Å². The summed E-state index contributed by atoms with van der Waals surface area (Å²) in [4.78, 5) is 0. The maximum Gasteiger partial charge on any atom is 0.133 e. The zero-order chi connectivity index (χ0) is 14.1. The molecule has 0 saturated carbocycles. The van der Waals surface area contributed by atoms with Crippen LogP contribution in [0.15, 0.2) is 71.3 Å². The predicted molar refractivity (Wildman–Crippen MR) is 80.8 cm³/mol. The highest BCUT2D eigenvalue weighted by atomic mass is 16.3. The number of hydrogen-bond donors (Lipinski definition) is 0. The van der Waals surface area contributed by atoms with Gasteiger partial charge in [-0.3, -0.25) is 0 Å². The lowest BCUT2D eigenvalue weighted by Gasteiger charge is -2.04. The first-order valence-electron chi connectivity index (χ1n) is 6.81. The lowest BCUT2D eigenvalue weighted by molar-refractivity contribution is 0.582. The molecular formula is C17H13N3O. The lowest BCUT2D eigenvalue weighted by atomic mass is 10.1. The standard InChI is InChI=1S/C17H13N3O/c1-2-5-16-15(4-1)18-19-20(16)12-13-7-9-14(10-8-13)17-6-3-11-21-17/h1-11H,12H2. The average Bonchev–Trinajstić information content (AvgIpc) is 3.19. The Morgan fingerprint density at radius 1 is 0.905 bits per heavy atom. The topological polar surface area (TPSA) is 43.9 Å². The van der Waals surface area contributed by atoms with Gasteiger partial charge in [0.15, 0.2) is 0 Å². The monoisotopic (exact) mass is 275 g/mol. The molecule has 0 aliphatic heterocycles. The summed E-state index contributed by atoms with van der Waals surface area (Å²) in [5.74, 6) is 0.882. The van der Waals surface area contributed by atoms with Crippen LogP contribution in [0.5, 0.6) is 0 Å². The Morgan fingerprint density at radius 3 is 2.57 bits per heavy atom. The highest BCUT2D eigenvalue weighted by Gasteiger charge is 2.05. The molecule has 2 heterocycles. The van der Waals surface area contributed by atoms with Crippen LogP contribution in [-0.4, -0.2) is 15.0 Å². The summed E-state index contributed by atoms with van der Waals surface area (Å²) in [5, 5.41) is 8.38. The maximum absolute atomic E-state index is 5.40. The molecule has 0 unspecified atom stereocenters. The molecule has 102 valence electrons. The van der Waals surface area contributed by atoms with Crippen molar-refractivity contribution in [3.05, 3.63) is 72.5 Å². The fourth-order valence-electron chi connectivity index (χ4n) is 2.42. The third-order valence-corrected chi connectivity index (χ3v) is 3.51. The maximum atomic E-state index is 5.40. The Bertz CT molecular complexity index is 861. The van der Waals surface area contributed by atoms with Crippen LogP contribution in [-0.2, 0) is 6.54 Å². The molecule has 0 saturated heterocycles. The predicted octanol–water partition coefficient (Wildman–Crippen LogP) is 3.74. The van der Waals surface area contributed by atoms with Gasteiger partial charge in [0, 0.05) is 5.56 Å². The second-order valence-corrected chi connectivity index (χ2v) is 4.91. The molecule has 21 heavy (non-hydrogen) atoms. The molecule has 0 amide bonds. The van der Waals surface area contributed by atoms with Gasteiger partial charge in [-0.1, -0.05) is 41.6 Å². The van der Waals surface area contributed by atoms with Crippen molar-refractivity contribution in [3.8, 4) is 11.3 Å². The average molecular weight is 275 g/mol. The van der Waals surface area contributed by atoms with Crippen LogP contribution in [0.1, 0.15) is 5.56 Å². The van der Waals surface area contributed by atoms with E-state index in [-0.39, 0.29) is 0 Å². The second kappa shape index (κ2) is 4.90. The van der Waals surface area contributed by atoms with Gasteiger partial charge in [0.25, 0.3) is 0 Å². The Balaban J connectivity index is 1.63. The SMILES string of the molecule is c1coc(-c2ccc(Cn3nnc4ccccc43)cc2)c1. The first-order valence-corrected chi connectivity index (χ1v) is 6.81. The van der Waals surface area contributed by atoms with Gasteiger partial charge in [0.05, 0.1) is 18.3 Å². The molecule has 4 heteroatoms. The fourth-order valence-corrected chi connectivity index (χ4v) is 2.42. The number of rotatable bonds is 3. The summed E-state index contributed by atoms with van der Waals surface area (Å²) < 4.78 is 7.31. The molecule has 0 fully saturated rings. The van der Waals surface area contributed by atoms with E-state index < -0.39 is 0 Å². The number of hydrogen-bond acceptors (Lipinski definition) is 3. The van der Waals surface area contributed by atoms with Gasteiger partial charge in [0.1, 0.15) is 11.3 Å². The summed E-state index contributed by atoms with van der Waals surface area (Å²) in [6.45, 7) is 0.707. The molecule has 0 bridgehead atoms. The van der Waals surface area contributed by atoms with Crippen molar-refractivity contribution in [2.75, 3.05) is 0 Å². The van der Waals surface area contributed by atoms with E-state index in [9.17, 15) is 0 Å². The molecule has 2 aromatic carbocycles. The van der Waals surface area contributed by atoms with Gasteiger partial charge in [0.2, 0.25) is 0 Å². The molecule has 0 aliphatic carbocycles. The van der Waals surface area contributed by atoms with E-state index in [0.29, 0.717) is 6.54 Å². The molecule has 4 rings (SSSR count). The summed E-state index contributed by atoms with van der Waals surface area (Å²) in [7, 11) is 0. The molecule has 0 atom stereocenters. The number of benzene rings is 2. The Morgan fingerprint density at radius 2 is 1.76 bits per heavy atom. The van der Waals surface area contributed by atoms with E-state index in [4.69, 9.17) is 4.42 Å². The molecule has 4 aromatic rings. The van der Waals surface area contributed by atoms with E-state index >= 15 is 0 Å². The highest BCUT2D eigenvalue weighted by molar-refractivity contribution is 5.73. The van der Waals surface area contributed by atoms with Crippen molar-refractivity contribution in [1.29, 1.82) is 0 Å². The van der Waals surface area contributed by atoms with Crippen molar-refractivity contribution in [2.24, 2.45) is 0 Å². The minimum atomic E-state index is 0.707. The van der Waals surface area contributed by atoms with E-state index in [1.807, 2.05) is 41.1 Å². The van der Waals surface area contributed by atoms with Crippen molar-refractivity contribution in [2.45, 2.75) is 6.54 Å². The molecule has 0 radical (unpaired) electrons. The van der Waals surface area contributed by atoms with Crippen LogP contribution >= 0.6 is 0 Å². The number of nitrogens with zero attached hydrogens (tertiary/aromatic N) is 3. The summed E-state index contributed by atoms with van der Waals surface area (Å²) in [6.07, 6.45) is 1.69. The van der Waals surface area contributed by atoms with E-state index in [1.165, 1.54) is 5.56 Å².